The van der Waals surface area contributed by atoms with Gasteiger partial charge in [0, 0.05) is 39.3 Å². The van der Waals surface area contributed by atoms with Gasteiger partial charge in [0.1, 0.15) is 0 Å². The summed E-state index contributed by atoms with van der Waals surface area (Å²) in [6.07, 6.45) is 1.29. The number of nitrogens with zero attached hydrogens (tertiary/aromatic N) is 3. The molecule has 0 saturated carbocycles. The van der Waals surface area contributed by atoms with Crippen LogP contribution in [-0.2, 0) is 9.84 Å². The predicted molar refractivity (Wildman–Crippen MR) is 95.6 cm³/mol. The Hall–Kier alpha value is -0.820. The summed E-state index contributed by atoms with van der Waals surface area (Å²) in [5, 5.41) is 3.41. The highest BCUT2D eigenvalue weighted by Gasteiger charge is 2.24. The molecule has 0 amide bonds. The molecule has 2 unspecified atom stereocenters. The number of likely N-dealkylation sites (tertiary alicyclic amines) is 1. The van der Waals surface area contributed by atoms with Crippen molar-refractivity contribution < 1.29 is 8.42 Å². The second-order valence-corrected chi connectivity index (χ2v) is 9.38. The first-order valence-corrected chi connectivity index (χ1v) is 10.7. The Kier molecular flexibility index (Phi) is 6.71. The average molecular weight is 345 g/mol. The summed E-state index contributed by atoms with van der Waals surface area (Å²) in [6, 6.07) is 0. The molecule has 2 fully saturated rings. The fourth-order valence-electron chi connectivity index (χ4n) is 3.53. The van der Waals surface area contributed by atoms with E-state index in [1.54, 1.807) is 0 Å². The maximum atomic E-state index is 11.5. The van der Waals surface area contributed by atoms with Gasteiger partial charge < -0.3 is 10.2 Å². The van der Waals surface area contributed by atoms with Crippen LogP contribution in [0.2, 0.25) is 0 Å². The zero-order valence-corrected chi connectivity index (χ0v) is 15.6. The lowest BCUT2D eigenvalue weighted by Crippen LogP contribution is -2.49. The second-order valence-electron chi connectivity index (χ2n) is 7.08. The largest absolute Gasteiger partial charge is 0.357 e. The molecule has 0 aromatic carbocycles. The van der Waals surface area contributed by atoms with Gasteiger partial charge >= 0.3 is 0 Å². The molecule has 2 atom stereocenters. The van der Waals surface area contributed by atoms with E-state index < -0.39 is 9.84 Å². The van der Waals surface area contributed by atoms with Gasteiger partial charge in [-0.15, -0.1) is 0 Å². The number of hydrogen-bond acceptors (Lipinski definition) is 4. The van der Waals surface area contributed by atoms with E-state index in [-0.39, 0.29) is 11.5 Å². The molecule has 134 valence electrons. The van der Waals surface area contributed by atoms with E-state index in [1.165, 1.54) is 6.42 Å². The molecule has 23 heavy (non-hydrogen) atoms. The van der Waals surface area contributed by atoms with Gasteiger partial charge in [-0.25, -0.2) is 8.42 Å². The molecule has 2 heterocycles. The fraction of sp³-hybridized carbons (Fsp3) is 0.938. The number of guanidine groups is 1. The smallest absolute Gasteiger partial charge is 0.193 e. The van der Waals surface area contributed by atoms with Crippen molar-refractivity contribution >= 4 is 15.8 Å². The first-order valence-electron chi connectivity index (χ1n) is 8.85. The molecule has 0 aliphatic carbocycles. The Bertz CT molecular complexity index is 482. The van der Waals surface area contributed by atoms with E-state index in [2.05, 4.69) is 35.9 Å². The summed E-state index contributed by atoms with van der Waals surface area (Å²) in [5.74, 6) is 3.00. The monoisotopic (exact) mass is 344 g/mol. The van der Waals surface area contributed by atoms with Gasteiger partial charge in [-0.2, -0.15) is 0 Å². The van der Waals surface area contributed by atoms with Crippen LogP contribution < -0.4 is 5.32 Å². The zero-order chi connectivity index (χ0) is 16.9. The standard InChI is InChI=1S/C16H32N4O2S/c1-4-17-16(20-12-14(2)11-15(3)13-20)18-5-6-19-7-9-23(21,22)10-8-19/h14-15H,4-13H2,1-3H3,(H,17,18). The predicted octanol–water partition coefficient (Wildman–Crippen LogP) is 0.660. The lowest BCUT2D eigenvalue weighted by Gasteiger charge is -2.37. The fourth-order valence-corrected chi connectivity index (χ4v) is 4.81. The number of rotatable bonds is 4. The minimum atomic E-state index is -2.79. The van der Waals surface area contributed by atoms with Gasteiger partial charge in [-0.05, 0) is 25.2 Å². The van der Waals surface area contributed by atoms with Crippen LogP contribution in [0.25, 0.3) is 0 Å². The summed E-state index contributed by atoms with van der Waals surface area (Å²) in [7, 11) is -2.79. The van der Waals surface area contributed by atoms with Crippen molar-refractivity contribution in [3.05, 3.63) is 0 Å². The molecule has 0 radical (unpaired) electrons. The van der Waals surface area contributed by atoms with Crippen LogP contribution in [0.5, 0.6) is 0 Å². The number of aliphatic imine (C=N–C) groups is 1. The highest BCUT2D eigenvalue weighted by Crippen LogP contribution is 2.20. The van der Waals surface area contributed by atoms with Crippen LogP contribution in [0.4, 0.5) is 0 Å². The van der Waals surface area contributed by atoms with Crippen molar-refractivity contribution in [1.82, 2.24) is 15.1 Å². The Labute approximate surface area is 141 Å². The minimum absolute atomic E-state index is 0.290. The van der Waals surface area contributed by atoms with Gasteiger partial charge in [0.15, 0.2) is 15.8 Å². The van der Waals surface area contributed by atoms with Crippen molar-refractivity contribution in [1.29, 1.82) is 0 Å². The highest BCUT2D eigenvalue weighted by atomic mass is 32.2. The normalized spacial score (nSPS) is 29.5. The van der Waals surface area contributed by atoms with Crippen molar-refractivity contribution in [2.24, 2.45) is 16.8 Å². The van der Waals surface area contributed by atoms with Crippen LogP contribution in [0, 0.1) is 11.8 Å². The first-order chi connectivity index (χ1) is 10.9. The van der Waals surface area contributed by atoms with Crippen molar-refractivity contribution in [3.8, 4) is 0 Å². The highest BCUT2D eigenvalue weighted by molar-refractivity contribution is 7.91. The van der Waals surface area contributed by atoms with Crippen molar-refractivity contribution in [2.75, 3.05) is 57.3 Å². The summed E-state index contributed by atoms with van der Waals surface area (Å²) < 4.78 is 22.9. The van der Waals surface area contributed by atoms with E-state index in [0.717, 1.165) is 38.7 Å². The molecule has 1 N–H and O–H groups in total. The van der Waals surface area contributed by atoms with Crippen molar-refractivity contribution in [3.63, 3.8) is 0 Å². The minimum Gasteiger partial charge on any atom is -0.357 e. The Morgan fingerprint density at radius 3 is 2.35 bits per heavy atom. The Balaban J connectivity index is 1.86. The van der Waals surface area contributed by atoms with Crippen LogP contribution >= 0.6 is 0 Å². The molecule has 6 nitrogen and oxygen atoms in total. The number of hydrogen-bond donors (Lipinski definition) is 1. The maximum Gasteiger partial charge on any atom is 0.193 e. The maximum absolute atomic E-state index is 11.5. The molecule has 2 aliphatic heterocycles. The van der Waals surface area contributed by atoms with E-state index in [9.17, 15) is 8.42 Å². The molecule has 2 rings (SSSR count). The van der Waals surface area contributed by atoms with Gasteiger partial charge in [0.25, 0.3) is 0 Å². The number of piperidine rings is 1. The second kappa shape index (κ2) is 8.33. The van der Waals surface area contributed by atoms with Gasteiger partial charge in [-0.1, -0.05) is 13.8 Å². The Morgan fingerprint density at radius 1 is 1.17 bits per heavy atom. The third kappa shape index (κ3) is 5.95. The lowest BCUT2D eigenvalue weighted by atomic mass is 9.92. The van der Waals surface area contributed by atoms with Crippen LogP contribution in [-0.4, -0.2) is 81.5 Å². The van der Waals surface area contributed by atoms with Crippen molar-refractivity contribution in [2.45, 2.75) is 27.2 Å². The van der Waals surface area contributed by atoms with Crippen LogP contribution in [0.3, 0.4) is 0 Å². The van der Waals surface area contributed by atoms with Gasteiger partial charge in [0.05, 0.1) is 18.1 Å². The topological polar surface area (TPSA) is 65.0 Å². The van der Waals surface area contributed by atoms with Gasteiger partial charge in [-0.3, -0.25) is 9.89 Å². The lowest BCUT2D eigenvalue weighted by molar-refractivity contribution is 0.208. The van der Waals surface area contributed by atoms with E-state index >= 15 is 0 Å². The third-order valence-corrected chi connectivity index (χ3v) is 6.23. The summed E-state index contributed by atoms with van der Waals surface area (Å²) in [6.45, 7) is 12.6. The van der Waals surface area contributed by atoms with Crippen LogP contribution in [0.1, 0.15) is 27.2 Å². The molecule has 0 aromatic heterocycles. The molecule has 0 aromatic rings. The van der Waals surface area contributed by atoms with Crippen LogP contribution in [0.15, 0.2) is 4.99 Å². The van der Waals surface area contributed by atoms with E-state index in [0.29, 0.717) is 24.9 Å². The molecule has 2 aliphatic rings. The first kappa shape index (κ1) is 18.5. The van der Waals surface area contributed by atoms with E-state index in [1.807, 2.05) is 0 Å². The zero-order valence-electron chi connectivity index (χ0n) is 14.8. The number of nitrogens with one attached hydrogen (secondary N) is 1. The molecule has 0 bridgehead atoms. The molecular weight excluding hydrogens is 312 g/mol. The number of sulfone groups is 1. The van der Waals surface area contributed by atoms with E-state index in [4.69, 9.17) is 4.99 Å². The molecular formula is C16H32N4O2S. The summed E-state index contributed by atoms with van der Waals surface area (Å²) >= 11 is 0. The SMILES string of the molecule is CCNC(=NCCN1CCS(=O)(=O)CC1)N1CC(C)CC(C)C1. The average Bonchev–Trinajstić information content (AvgIpc) is 2.47. The molecule has 0 spiro atoms. The molecule has 2 saturated heterocycles. The Morgan fingerprint density at radius 2 is 1.78 bits per heavy atom. The summed E-state index contributed by atoms with van der Waals surface area (Å²) in [5.41, 5.74) is 0. The third-order valence-electron chi connectivity index (χ3n) is 4.62. The van der Waals surface area contributed by atoms with Gasteiger partial charge in [0.2, 0.25) is 0 Å². The summed E-state index contributed by atoms with van der Waals surface area (Å²) in [4.78, 5) is 9.36. The molecule has 7 heteroatoms. The quantitative estimate of drug-likeness (QED) is 0.599.